The fourth-order valence-electron chi connectivity index (χ4n) is 0.817. The van der Waals surface area contributed by atoms with E-state index in [9.17, 15) is 4.79 Å². The molecule has 0 aliphatic carbocycles. The number of halogens is 1. The minimum atomic E-state index is -0.518. The van der Waals surface area contributed by atoms with E-state index >= 15 is 0 Å². The molecule has 0 bridgehead atoms. The van der Waals surface area contributed by atoms with Crippen molar-refractivity contribution in [1.29, 1.82) is 0 Å². The fraction of sp³-hybridized carbons (Fsp3) is 0.200. The van der Waals surface area contributed by atoms with Gasteiger partial charge < -0.3 is 4.52 Å². The molecule has 0 fully saturated rings. The van der Waals surface area contributed by atoms with Crippen molar-refractivity contribution in [3.63, 3.8) is 0 Å². The molecule has 8 heteroatoms. The number of tetrazole rings is 1. The van der Waals surface area contributed by atoms with E-state index in [1.54, 1.807) is 6.92 Å². The summed E-state index contributed by atoms with van der Waals surface area (Å²) in [6, 6.07) is 0. The van der Waals surface area contributed by atoms with Crippen LogP contribution >= 0.6 is 11.6 Å². The minimum absolute atomic E-state index is 0.137. The van der Waals surface area contributed by atoms with Gasteiger partial charge in [0.15, 0.2) is 5.76 Å². The van der Waals surface area contributed by atoms with Crippen molar-refractivity contribution in [1.82, 2.24) is 25.4 Å². The summed E-state index contributed by atoms with van der Waals surface area (Å²) in [6.07, 6.45) is 0. The van der Waals surface area contributed by atoms with Crippen LogP contribution in [0.1, 0.15) is 5.76 Å². The molecule has 13 heavy (non-hydrogen) atoms. The monoisotopic (exact) mass is 201 g/mol. The van der Waals surface area contributed by atoms with Crippen LogP contribution in [0, 0.1) is 6.92 Å². The minimum Gasteiger partial charge on any atom is -0.358 e. The highest BCUT2D eigenvalue weighted by atomic mass is 35.5. The summed E-state index contributed by atoms with van der Waals surface area (Å²) in [5, 5.41) is 12.6. The molecule has 0 unspecified atom stereocenters. The molecule has 7 nitrogen and oxygen atoms in total. The molecule has 0 saturated carbocycles. The molecule has 1 N–H and O–H groups in total. The maximum atomic E-state index is 11.0. The molecular weight excluding hydrogens is 198 g/mol. The molecule has 2 aromatic heterocycles. The maximum Gasteiger partial charge on any atom is 0.367 e. The highest BCUT2D eigenvalue weighted by molar-refractivity contribution is 6.32. The van der Waals surface area contributed by atoms with Crippen molar-refractivity contribution in [3.05, 3.63) is 21.3 Å². The Morgan fingerprint density at radius 2 is 2.38 bits per heavy atom. The fourth-order valence-corrected chi connectivity index (χ4v) is 0.966. The van der Waals surface area contributed by atoms with E-state index in [0.29, 0.717) is 5.76 Å². The zero-order valence-electron chi connectivity index (χ0n) is 6.48. The van der Waals surface area contributed by atoms with Crippen LogP contribution in [0.5, 0.6) is 0 Å². The summed E-state index contributed by atoms with van der Waals surface area (Å²) >= 11 is 5.77. The summed E-state index contributed by atoms with van der Waals surface area (Å²) < 4.78 is 5.67. The third-order valence-electron chi connectivity index (χ3n) is 1.45. The van der Waals surface area contributed by atoms with Gasteiger partial charge in [-0.1, -0.05) is 16.8 Å². The molecule has 2 rings (SSSR count). The first-order valence-electron chi connectivity index (χ1n) is 3.32. The molecule has 68 valence electrons. The summed E-state index contributed by atoms with van der Waals surface area (Å²) in [4.78, 5) is 11.0. The first-order chi connectivity index (χ1) is 6.20. The lowest BCUT2D eigenvalue weighted by molar-refractivity contribution is 0.392. The Balaban J connectivity index is 2.66. The Morgan fingerprint density at radius 1 is 1.62 bits per heavy atom. The van der Waals surface area contributed by atoms with Gasteiger partial charge in [0.2, 0.25) is 5.82 Å². The van der Waals surface area contributed by atoms with E-state index in [4.69, 9.17) is 16.1 Å². The molecular formula is C5H4ClN5O2. The van der Waals surface area contributed by atoms with Crippen LogP contribution in [-0.2, 0) is 0 Å². The van der Waals surface area contributed by atoms with Crippen molar-refractivity contribution in [2.24, 2.45) is 0 Å². The van der Waals surface area contributed by atoms with E-state index < -0.39 is 5.69 Å². The van der Waals surface area contributed by atoms with Crippen molar-refractivity contribution in [2.45, 2.75) is 6.92 Å². The summed E-state index contributed by atoms with van der Waals surface area (Å²) in [7, 11) is 0. The molecule has 0 radical (unpaired) electrons. The second-order valence-electron chi connectivity index (χ2n) is 2.29. The van der Waals surface area contributed by atoms with Crippen LogP contribution in [0.25, 0.3) is 5.82 Å². The quantitative estimate of drug-likeness (QED) is 0.696. The van der Waals surface area contributed by atoms with Crippen LogP contribution in [0.15, 0.2) is 9.32 Å². The van der Waals surface area contributed by atoms with Crippen molar-refractivity contribution in [3.8, 4) is 5.82 Å². The van der Waals surface area contributed by atoms with Crippen LogP contribution in [-0.4, -0.2) is 25.4 Å². The van der Waals surface area contributed by atoms with Gasteiger partial charge >= 0.3 is 5.69 Å². The zero-order valence-corrected chi connectivity index (χ0v) is 7.24. The predicted octanol–water partition coefficient (Wildman–Crippen LogP) is -0.0946. The second-order valence-corrected chi connectivity index (χ2v) is 2.67. The molecule has 2 heterocycles. The van der Waals surface area contributed by atoms with Gasteiger partial charge in [-0.25, -0.2) is 9.89 Å². The van der Waals surface area contributed by atoms with Gasteiger partial charge in [0, 0.05) is 0 Å². The van der Waals surface area contributed by atoms with E-state index in [1.165, 1.54) is 0 Å². The van der Waals surface area contributed by atoms with Crippen molar-refractivity contribution >= 4 is 11.6 Å². The standard InChI is InChI=1S/C5H4ClN5O2/c1-2-3(6)4(8-13-2)11-5(12)7-9-10-11/h1H3,(H,7,10,12). The Bertz CT molecular complexity index is 483. The zero-order chi connectivity index (χ0) is 9.42. The first-order valence-corrected chi connectivity index (χ1v) is 3.70. The second kappa shape index (κ2) is 2.70. The third kappa shape index (κ3) is 1.13. The van der Waals surface area contributed by atoms with E-state index in [1.807, 2.05) is 0 Å². The van der Waals surface area contributed by atoms with Gasteiger partial charge in [0.1, 0.15) is 5.02 Å². The molecule has 0 amide bonds. The maximum absolute atomic E-state index is 11.0. The van der Waals surface area contributed by atoms with Gasteiger partial charge in [0.05, 0.1) is 0 Å². The van der Waals surface area contributed by atoms with E-state index in [-0.39, 0.29) is 10.8 Å². The summed E-state index contributed by atoms with van der Waals surface area (Å²) in [6.45, 7) is 1.63. The summed E-state index contributed by atoms with van der Waals surface area (Å²) in [5.74, 6) is 0.560. The van der Waals surface area contributed by atoms with Gasteiger partial charge in [-0.3, -0.25) is 0 Å². The molecule has 0 spiro atoms. The predicted molar refractivity (Wildman–Crippen MR) is 41.8 cm³/mol. The normalized spacial score (nSPS) is 10.6. The summed E-state index contributed by atoms with van der Waals surface area (Å²) in [5.41, 5.74) is -0.518. The van der Waals surface area contributed by atoms with Gasteiger partial charge in [-0.2, -0.15) is 0 Å². The SMILES string of the molecule is Cc1onc(-n2nn[nH]c2=O)c1Cl. The molecule has 0 aromatic carbocycles. The molecule has 0 saturated heterocycles. The van der Waals surface area contributed by atoms with Crippen molar-refractivity contribution in [2.75, 3.05) is 0 Å². The number of nitrogens with zero attached hydrogens (tertiary/aromatic N) is 4. The third-order valence-corrected chi connectivity index (χ3v) is 1.88. The Hall–Kier alpha value is -1.63. The number of aromatic nitrogens is 5. The average molecular weight is 202 g/mol. The Morgan fingerprint density at radius 3 is 2.85 bits per heavy atom. The smallest absolute Gasteiger partial charge is 0.358 e. The van der Waals surface area contributed by atoms with Crippen LogP contribution < -0.4 is 5.69 Å². The number of hydrogen-bond donors (Lipinski definition) is 1. The number of hydrogen-bond acceptors (Lipinski definition) is 5. The van der Waals surface area contributed by atoms with Crippen LogP contribution in [0.2, 0.25) is 5.02 Å². The number of aromatic amines is 1. The lowest BCUT2D eigenvalue weighted by Crippen LogP contribution is -2.16. The Labute approximate surface area is 76.3 Å². The van der Waals surface area contributed by atoms with Gasteiger partial charge in [0.25, 0.3) is 0 Å². The average Bonchev–Trinajstić information content (AvgIpc) is 2.62. The molecule has 2 aromatic rings. The number of nitrogens with one attached hydrogen (secondary N) is 1. The molecule has 0 atom stereocenters. The highest BCUT2D eigenvalue weighted by Gasteiger charge is 2.15. The lowest BCUT2D eigenvalue weighted by atomic mass is 10.5. The van der Waals surface area contributed by atoms with E-state index in [0.717, 1.165) is 4.68 Å². The topological polar surface area (TPSA) is 89.6 Å². The molecule has 0 aliphatic heterocycles. The number of rotatable bonds is 1. The molecule has 0 aliphatic rings. The van der Waals surface area contributed by atoms with E-state index in [2.05, 4.69) is 20.7 Å². The highest BCUT2D eigenvalue weighted by Crippen LogP contribution is 2.20. The van der Waals surface area contributed by atoms with Crippen molar-refractivity contribution < 1.29 is 4.52 Å². The largest absolute Gasteiger partial charge is 0.367 e. The van der Waals surface area contributed by atoms with Crippen LogP contribution in [0.4, 0.5) is 0 Å². The number of aryl methyl sites for hydroxylation is 1. The number of H-pyrrole nitrogens is 1. The van der Waals surface area contributed by atoms with Gasteiger partial charge in [-0.15, -0.1) is 4.68 Å². The lowest BCUT2D eigenvalue weighted by Gasteiger charge is -1.88. The first kappa shape index (κ1) is 7.99. The van der Waals surface area contributed by atoms with Crippen LogP contribution in [0.3, 0.4) is 0 Å². The Kier molecular flexibility index (Phi) is 1.66. The van der Waals surface area contributed by atoms with Gasteiger partial charge in [-0.05, 0) is 17.4 Å².